The fourth-order valence-electron chi connectivity index (χ4n) is 5.65. The summed E-state index contributed by atoms with van der Waals surface area (Å²) in [5, 5.41) is 8.86. The van der Waals surface area contributed by atoms with Crippen LogP contribution in [0.3, 0.4) is 0 Å². The van der Waals surface area contributed by atoms with Gasteiger partial charge in [-0.3, -0.25) is 9.59 Å². The summed E-state index contributed by atoms with van der Waals surface area (Å²) in [6, 6.07) is 22.7. The number of nitrogens with one attached hydrogen (secondary N) is 1. The standard InChI is InChI=1S/C36H41N5O3Si/c1-39-16-18-40(19-17-39)36(43)28-9-7-8-26(22-28)12-14-33-31-24-27(23-30-29-10-5-6-11-32(29)37-35(30)42)13-15-34(31)41(38-33)25-44-20-21-45(2,3)4/h5-15,22-24H,16-21,25H2,1-4H3,(H,37,42). The predicted molar refractivity (Wildman–Crippen MR) is 186 cm³/mol. The summed E-state index contributed by atoms with van der Waals surface area (Å²) in [5.74, 6) is -0.0346. The molecule has 0 saturated carbocycles. The van der Waals surface area contributed by atoms with E-state index in [0.29, 0.717) is 24.5 Å². The average molecular weight is 620 g/mol. The molecule has 1 fully saturated rings. The largest absolute Gasteiger partial charge is 0.360 e. The van der Waals surface area contributed by atoms with Crippen LogP contribution in [0, 0.1) is 0 Å². The van der Waals surface area contributed by atoms with Crippen LogP contribution in [0.4, 0.5) is 5.69 Å². The van der Waals surface area contributed by atoms with Crippen LogP contribution in [-0.4, -0.2) is 79.3 Å². The molecule has 232 valence electrons. The molecule has 6 rings (SSSR count). The fourth-order valence-corrected chi connectivity index (χ4v) is 6.41. The molecule has 2 aliphatic rings. The minimum absolute atomic E-state index is 0.0683. The monoisotopic (exact) mass is 619 g/mol. The summed E-state index contributed by atoms with van der Waals surface area (Å²) in [5.41, 5.74) is 6.67. The van der Waals surface area contributed by atoms with Crippen LogP contribution in [0.15, 0.2) is 66.7 Å². The molecule has 0 spiro atoms. The van der Waals surface area contributed by atoms with Crippen molar-refractivity contribution in [1.82, 2.24) is 19.6 Å². The minimum atomic E-state index is -1.21. The van der Waals surface area contributed by atoms with Gasteiger partial charge >= 0.3 is 0 Å². The molecule has 1 N–H and O–H groups in total. The third-order valence-corrected chi connectivity index (χ3v) is 10.1. The van der Waals surface area contributed by atoms with Crippen LogP contribution in [0.1, 0.15) is 32.7 Å². The van der Waals surface area contributed by atoms with Crippen molar-refractivity contribution in [1.29, 1.82) is 0 Å². The molecule has 2 amide bonds. The van der Waals surface area contributed by atoms with Crippen molar-refractivity contribution in [3.05, 3.63) is 94.7 Å². The van der Waals surface area contributed by atoms with Crippen molar-refractivity contribution < 1.29 is 14.3 Å². The SMILES string of the molecule is CN1CCN(C(=O)c2cccc(C=Cc3nn(COCC[Si](C)(C)C)c4ccc(C=C5C(=O)Nc6ccccc65)cc34)c2)CC1. The number of aromatic nitrogens is 2. The van der Waals surface area contributed by atoms with E-state index in [2.05, 4.69) is 43.0 Å². The zero-order valence-corrected chi connectivity index (χ0v) is 27.5. The molecule has 3 aromatic carbocycles. The highest BCUT2D eigenvalue weighted by atomic mass is 28.3. The van der Waals surface area contributed by atoms with E-state index in [0.717, 1.165) is 71.2 Å². The van der Waals surface area contributed by atoms with Gasteiger partial charge in [-0.25, -0.2) is 4.68 Å². The molecular formula is C36H41N5O3Si. The Kier molecular flexibility index (Phi) is 8.85. The Morgan fingerprint density at radius 2 is 1.76 bits per heavy atom. The Labute approximate surface area is 266 Å². The number of rotatable bonds is 9. The van der Waals surface area contributed by atoms with Gasteiger partial charge in [0.05, 0.1) is 11.2 Å². The first kappa shape index (κ1) is 30.7. The molecular weight excluding hydrogens is 579 g/mol. The summed E-state index contributed by atoms with van der Waals surface area (Å²) in [6.07, 6.45) is 5.93. The second-order valence-electron chi connectivity index (χ2n) is 13.1. The highest BCUT2D eigenvalue weighted by Gasteiger charge is 2.24. The molecule has 2 aliphatic heterocycles. The molecule has 0 atom stereocenters. The highest BCUT2D eigenvalue weighted by molar-refractivity contribution is 6.76. The molecule has 0 unspecified atom stereocenters. The maximum atomic E-state index is 13.2. The normalized spacial score (nSPS) is 16.6. The van der Waals surface area contributed by atoms with Gasteiger partial charge in [-0.2, -0.15) is 5.10 Å². The van der Waals surface area contributed by atoms with Crippen molar-refractivity contribution >= 4 is 60.3 Å². The molecule has 4 aromatic rings. The Morgan fingerprint density at radius 1 is 0.956 bits per heavy atom. The van der Waals surface area contributed by atoms with Crippen LogP contribution in [0.25, 0.3) is 34.7 Å². The smallest absolute Gasteiger partial charge is 0.256 e. The Hall–Kier alpha value is -4.31. The van der Waals surface area contributed by atoms with Crippen LogP contribution in [0.2, 0.25) is 25.7 Å². The van der Waals surface area contributed by atoms with Gasteiger partial charge in [0.25, 0.3) is 11.8 Å². The fraction of sp³-hybridized carbons (Fsp3) is 0.306. The van der Waals surface area contributed by atoms with Gasteiger partial charge in [-0.15, -0.1) is 0 Å². The Bertz CT molecular complexity index is 1790. The second-order valence-corrected chi connectivity index (χ2v) is 18.7. The van der Waals surface area contributed by atoms with Crippen molar-refractivity contribution in [3.8, 4) is 0 Å². The summed E-state index contributed by atoms with van der Waals surface area (Å²) in [4.78, 5) is 30.2. The summed E-state index contributed by atoms with van der Waals surface area (Å²) in [6.45, 7) is 11.3. The Balaban J connectivity index is 1.30. The molecule has 0 radical (unpaired) electrons. The minimum Gasteiger partial charge on any atom is -0.360 e. The van der Waals surface area contributed by atoms with E-state index >= 15 is 0 Å². The van der Waals surface area contributed by atoms with E-state index < -0.39 is 8.07 Å². The number of fused-ring (bicyclic) bond motifs is 2. The second kappa shape index (κ2) is 13.0. The molecule has 3 heterocycles. The number of amides is 2. The number of benzene rings is 3. The number of likely N-dealkylation sites (N-methyl/N-ethyl adjacent to an activating group) is 1. The number of nitrogens with zero attached hydrogens (tertiary/aromatic N) is 4. The number of hydrogen-bond acceptors (Lipinski definition) is 5. The highest BCUT2D eigenvalue weighted by Crippen LogP contribution is 2.33. The lowest BCUT2D eigenvalue weighted by Crippen LogP contribution is -2.47. The number of carbonyl (C=O) groups excluding carboxylic acids is 2. The van der Waals surface area contributed by atoms with Gasteiger partial charge in [-0.1, -0.05) is 62.1 Å². The molecule has 45 heavy (non-hydrogen) atoms. The van der Waals surface area contributed by atoms with Gasteiger partial charge in [0.2, 0.25) is 0 Å². The summed E-state index contributed by atoms with van der Waals surface area (Å²) in [7, 11) is 0.874. The first-order chi connectivity index (χ1) is 21.6. The van der Waals surface area contributed by atoms with Crippen LogP contribution in [0.5, 0.6) is 0 Å². The maximum Gasteiger partial charge on any atom is 0.256 e. The van der Waals surface area contributed by atoms with E-state index in [1.54, 1.807) is 0 Å². The first-order valence-corrected chi connectivity index (χ1v) is 19.3. The Morgan fingerprint density at radius 3 is 2.56 bits per heavy atom. The summed E-state index contributed by atoms with van der Waals surface area (Å²) < 4.78 is 7.98. The van der Waals surface area contributed by atoms with Crippen molar-refractivity contribution in [2.24, 2.45) is 0 Å². The van der Waals surface area contributed by atoms with Gasteiger partial charge in [-0.05, 0) is 66.7 Å². The molecule has 0 bridgehead atoms. The summed E-state index contributed by atoms with van der Waals surface area (Å²) >= 11 is 0. The third kappa shape index (κ3) is 7.17. The van der Waals surface area contributed by atoms with Crippen molar-refractivity contribution in [2.75, 3.05) is 45.2 Å². The predicted octanol–water partition coefficient (Wildman–Crippen LogP) is 6.40. The van der Waals surface area contributed by atoms with E-state index in [4.69, 9.17) is 9.84 Å². The number of ether oxygens (including phenoxy) is 1. The molecule has 1 aromatic heterocycles. The van der Waals surface area contributed by atoms with Gasteiger partial charge < -0.3 is 19.9 Å². The number of carbonyl (C=O) groups is 2. The van der Waals surface area contributed by atoms with Crippen LogP contribution in [-0.2, 0) is 16.3 Å². The van der Waals surface area contributed by atoms with Crippen molar-refractivity contribution in [2.45, 2.75) is 32.4 Å². The average Bonchev–Trinajstić information content (AvgIpc) is 3.53. The number of piperazine rings is 1. The van der Waals surface area contributed by atoms with Crippen molar-refractivity contribution in [3.63, 3.8) is 0 Å². The van der Waals surface area contributed by atoms with Crippen LogP contribution < -0.4 is 5.32 Å². The quantitative estimate of drug-likeness (QED) is 0.133. The van der Waals surface area contributed by atoms with E-state index in [-0.39, 0.29) is 11.8 Å². The molecule has 8 nitrogen and oxygen atoms in total. The number of anilines is 1. The molecule has 9 heteroatoms. The third-order valence-electron chi connectivity index (χ3n) is 8.39. The lowest BCUT2D eigenvalue weighted by Gasteiger charge is -2.32. The lowest BCUT2D eigenvalue weighted by atomic mass is 10.0. The van der Waals surface area contributed by atoms with Crippen LogP contribution >= 0.6 is 0 Å². The van der Waals surface area contributed by atoms with Gasteiger partial charge in [0.15, 0.2) is 0 Å². The number of hydrogen-bond donors (Lipinski definition) is 1. The van der Waals surface area contributed by atoms with E-state index in [1.165, 1.54) is 0 Å². The zero-order chi connectivity index (χ0) is 31.6. The van der Waals surface area contributed by atoms with Gasteiger partial charge in [0, 0.05) is 68.6 Å². The molecule has 1 saturated heterocycles. The topological polar surface area (TPSA) is 79.7 Å². The van der Waals surface area contributed by atoms with E-state index in [9.17, 15) is 9.59 Å². The number of para-hydroxylation sites is 1. The molecule has 0 aliphatic carbocycles. The lowest BCUT2D eigenvalue weighted by molar-refractivity contribution is -0.110. The first-order valence-electron chi connectivity index (χ1n) is 15.6. The van der Waals surface area contributed by atoms with E-state index in [1.807, 2.05) is 88.5 Å². The zero-order valence-electron chi connectivity index (χ0n) is 26.5. The maximum absolute atomic E-state index is 13.2. The van der Waals surface area contributed by atoms with Gasteiger partial charge in [0.1, 0.15) is 6.73 Å².